The fraction of sp³-hybridized carbons (Fsp3) is 0.375. The van der Waals surface area contributed by atoms with Crippen LogP contribution in [0.5, 0.6) is 5.75 Å². The smallest absolute Gasteiger partial charge is 0.153 e. The van der Waals surface area contributed by atoms with Gasteiger partial charge in [-0.15, -0.1) is 0 Å². The van der Waals surface area contributed by atoms with E-state index in [9.17, 15) is 4.79 Å². The molecule has 0 fully saturated rings. The summed E-state index contributed by atoms with van der Waals surface area (Å²) in [5, 5.41) is 4.53. The maximum Gasteiger partial charge on any atom is 0.153 e. The van der Waals surface area contributed by atoms with E-state index in [-0.39, 0.29) is 0 Å². The third kappa shape index (κ3) is 3.26. The lowest BCUT2D eigenvalue weighted by Gasteiger charge is -2.12. The number of rotatable bonds is 7. The molecule has 20 heavy (non-hydrogen) atoms. The number of aromatic nitrogens is 2. The van der Waals surface area contributed by atoms with Crippen LogP contribution < -0.4 is 4.74 Å². The molecular formula is C16H20N2O2. The van der Waals surface area contributed by atoms with Crippen LogP contribution in [0.4, 0.5) is 0 Å². The number of ether oxygens (including phenoxy) is 1. The lowest BCUT2D eigenvalue weighted by atomic mass is 10.2. The first-order chi connectivity index (χ1) is 9.78. The van der Waals surface area contributed by atoms with Gasteiger partial charge >= 0.3 is 0 Å². The lowest BCUT2D eigenvalue weighted by molar-refractivity contribution is 0.111. The molecule has 4 heteroatoms. The zero-order valence-corrected chi connectivity index (χ0v) is 12.0. The molecule has 1 aromatic heterocycles. The second kappa shape index (κ2) is 6.89. The fourth-order valence-electron chi connectivity index (χ4n) is 2.18. The van der Waals surface area contributed by atoms with Gasteiger partial charge < -0.3 is 4.74 Å². The fourth-order valence-corrected chi connectivity index (χ4v) is 2.18. The van der Waals surface area contributed by atoms with Crippen LogP contribution in [0.1, 0.15) is 48.8 Å². The number of carbonyl (C=O) groups excluding carboxylic acids is 1. The summed E-state index contributed by atoms with van der Waals surface area (Å²) in [7, 11) is 0. The van der Waals surface area contributed by atoms with Crippen LogP contribution in [0.15, 0.2) is 36.5 Å². The van der Waals surface area contributed by atoms with Crippen molar-refractivity contribution in [2.75, 3.05) is 0 Å². The molecule has 106 valence electrons. The molecule has 0 saturated carbocycles. The van der Waals surface area contributed by atoms with Crippen LogP contribution >= 0.6 is 0 Å². The molecule has 0 N–H and O–H groups in total. The quantitative estimate of drug-likeness (QED) is 0.723. The van der Waals surface area contributed by atoms with E-state index in [0.717, 1.165) is 24.8 Å². The van der Waals surface area contributed by atoms with Crippen molar-refractivity contribution >= 4 is 6.29 Å². The van der Waals surface area contributed by atoms with Crippen molar-refractivity contribution in [3.8, 4) is 5.75 Å². The first kappa shape index (κ1) is 14.3. The van der Waals surface area contributed by atoms with E-state index in [4.69, 9.17) is 4.74 Å². The van der Waals surface area contributed by atoms with E-state index < -0.39 is 0 Å². The minimum atomic E-state index is 0.373. The second-order valence-electron chi connectivity index (χ2n) is 4.70. The summed E-state index contributed by atoms with van der Waals surface area (Å²) in [5.74, 6) is 0.597. The molecule has 0 bridgehead atoms. The highest BCUT2D eigenvalue weighted by Gasteiger charge is 2.09. The predicted octanol–water partition coefficient (Wildman–Crippen LogP) is 3.64. The molecule has 0 saturated heterocycles. The van der Waals surface area contributed by atoms with Gasteiger partial charge in [0.05, 0.1) is 17.3 Å². The number of aldehydes is 1. The predicted molar refractivity (Wildman–Crippen MR) is 78.0 cm³/mol. The van der Waals surface area contributed by atoms with Gasteiger partial charge in [-0.2, -0.15) is 5.10 Å². The number of hydrogen-bond donors (Lipinski definition) is 0. The van der Waals surface area contributed by atoms with Crippen LogP contribution in [-0.2, 0) is 6.61 Å². The van der Waals surface area contributed by atoms with E-state index in [1.54, 1.807) is 12.1 Å². The number of benzene rings is 1. The summed E-state index contributed by atoms with van der Waals surface area (Å²) >= 11 is 0. The van der Waals surface area contributed by atoms with Crippen LogP contribution in [-0.4, -0.2) is 16.1 Å². The molecule has 0 amide bonds. The molecule has 0 aliphatic carbocycles. The van der Waals surface area contributed by atoms with Gasteiger partial charge in [-0.1, -0.05) is 26.0 Å². The lowest BCUT2D eigenvalue weighted by Crippen LogP contribution is -2.08. The zero-order valence-electron chi connectivity index (χ0n) is 12.0. The number of para-hydroxylation sites is 1. The van der Waals surface area contributed by atoms with Gasteiger partial charge in [0.1, 0.15) is 12.4 Å². The van der Waals surface area contributed by atoms with Crippen molar-refractivity contribution in [3.05, 3.63) is 47.8 Å². The maximum absolute atomic E-state index is 10.9. The molecule has 0 unspecified atom stereocenters. The monoisotopic (exact) mass is 272 g/mol. The van der Waals surface area contributed by atoms with E-state index in [0.29, 0.717) is 24.0 Å². The number of nitrogens with zero attached hydrogens (tertiary/aromatic N) is 2. The van der Waals surface area contributed by atoms with Crippen LogP contribution in [0, 0.1) is 0 Å². The van der Waals surface area contributed by atoms with Gasteiger partial charge in [-0.05, 0) is 31.0 Å². The molecule has 0 aliphatic heterocycles. The average Bonchev–Trinajstić information content (AvgIpc) is 2.95. The molecule has 4 nitrogen and oxygen atoms in total. The Balaban J connectivity index is 2.02. The third-order valence-corrected chi connectivity index (χ3v) is 3.40. The van der Waals surface area contributed by atoms with Crippen molar-refractivity contribution in [3.63, 3.8) is 0 Å². The SMILES string of the molecule is CCC(CC)n1ccc(COc2ccccc2C=O)n1. The van der Waals surface area contributed by atoms with Gasteiger partial charge in [0.25, 0.3) is 0 Å². The number of carbonyl (C=O) groups is 1. The standard InChI is InChI=1S/C16H20N2O2/c1-3-15(4-2)18-10-9-14(17-18)12-20-16-8-6-5-7-13(16)11-19/h5-11,15H,3-4,12H2,1-2H3. The highest BCUT2D eigenvalue weighted by Crippen LogP contribution is 2.18. The molecule has 1 heterocycles. The second-order valence-corrected chi connectivity index (χ2v) is 4.70. The van der Waals surface area contributed by atoms with Crippen molar-refractivity contribution in [2.45, 2.75) is 39.3 Å². The van der Waals surface area contributed by atoms with Crippen molar-refractivity contribution < 1.29 is 9.53 Å². The molecule has 0 spiro atoms. The molecule has 2 aromatic rings. The van der Waals surface area contributed by atoms with Gasteiger partial charge in [0.2, 0.25) is 0 Å². The molecule has 0 atom stereocenters. The van der Waals surface area contributed by atoms with Crippen molar-refractivity contribution in [1.29, 1.82) is 0 Å². The summed E-state index contributed by atoms with van der Waals surface area (Å²) in [6.45, 7) is 4.69. The first-order valence-corrected chi connectivity index (χ1v) is 6.99. The Morgan fingerprint density at radius 3 is 2.70 bits per heavy atom. The molecular weight excluding hydrogens is 252 g/mol. The molecule has 2 rings (SSSR count). The van der Waals surface area contributed by atoms with Crippen molar-refractivity contribution in [1.82, 2.24) is 9.78 Å². The summed E-state index contributed by atoms with van der Waals surface area (Å²) in [5.41, 5.74) is 1.43. The summed E-state index contributed by atoms with van der Waals surface area (Å²) < 4.78 is 7.66. The van der Waals surface area contributed by atoms with Crippen LogP contribution in [0.25, 0.3) is 0 Å². The maximum atomic E-state index is 10.9. The normalized spacial score (nSPS) is 10.8. The average molecular weight is 272 g/mol. The Labute approximate surface area is 119 Å². The molecule has 0 radical (unpaired) electrons. The van der Waals surface area contributed by atoms with E-state index in [1.165, 1.54) is 0 Å². The summed E-state index contributed by atoms with van der Waals surface area (Å²) in [6, 6.07) is 9.60. The van der Waals surface area contributed by atoms with Gasteiger partial charge in [0.15, 0.2) is 6.29 Å². The molecule has 0 aliphatic rings. The van der Waals surface area contributed by atoms with Gasteiger partial charge in [-0.3, -0.25) is 9.48 Å². The minimum Gasteiger partial charge on any atom is -0.486 e. The third-order valence-electron chi connectivity index (χ3n) is 3.40. The highest BCUT2D eigenvalue weighted by atomic mass is 16.5. The Morgan fingerprint density at radius 1 is 1.25 bits per heavy atom. The largest absolute Gasteiger partial charge is 0.486 e. The first-order valence-electron chi connectivity index (χ1n) is 6.99. The van der Waals surface area contributed by atoms with Gasteiger partial charge in [-0.25, -0.2) is 0 Å². The minimum absolute atomic E-state index is 0.373. The van der Waals surface area contributed by atoms with Gasteiger partial charge in [0, 0.05) is 6.20 Å². The van der Waals surface area contributed by atoms with Crippen LogP contribution in [0.2, 0.25) is 0 Å². The summed E-state index contributed by atoms with van der Waals surface area (Å²) in [4.78, 5) is 10.9. The van der Waals surface area contributed by atoms with Crippen molar-refractivity contribution in [2.24, 2.45) is 0 Å². The summed E-state index contributed by atoms with van der Waals surface area (Å²) in [6.07, 6.45) is 4.92. The van der Waals surface area contributed by atoms with E-state index >= 15 is 0 Å². The Morgan fingerprint density at radius 2 is 2.00 bits per heavy atom. The Kier molecular flexibility index (Phi) is 4.93. The number of hydrogen-bond acceptors (Lipinski definition) is 3. The van der Waals surface area contributed by atoms with E-state index in [2.05, 4.69) is 18.9 Å². The Hall–Kier alpha value is -2.10. The highest BCUT2D eigenvalue weighted by molar-refractivity contribution is 5.79. The molecule has 1 aromatic carbocycles. The zero-order chi connectivity index (χ0) is 14.4. The topological polar surface area (TPSA) is 44.1 Å². The Bertz CT molecular complexity index is 559. The van der Waals surface area contributed by atoms with E-state index in [1.807, 2.05) is 29.1 Å². The van der Waals surface area contributed by atoms with Crippen LogP contribution in [0.3, 0.4) is 0 Å².